The van der Waals surface area contributed by atoms with E-state index in [9.17, 15) is 4.79 Å². The fourth-order valence-corrected chi connectivity index (χ4v) is 1.17. The van der Waals surface area contributed by atoms with E-state index in [1.54, 1.807) is 18.2 Å². The minimum absolute atomic E-state index is 0.124. The molecule has 0 saturated heterocycles. The van der Waals surface area contributed by atoms with Crippen molar-refractivity contribution in [1.82, 2.24) is 10.2 Å². The van der Waals surface area contributed by atoms with Crippen LogP contribution in [-0.2, 0) is 0 Å². The van der Waals surface area contributed by atoms with Crippen LogP contribution in [0.25, 0.3) is 10.9 Å². The summed E-state index contributed by atoms with van der Waals surface area (Å²) in [6.45, 7) is 0. The molecule has 0 aliphatic heterocycles. The number of fused-ring (bicyclic) bond motifs is 1. The third kappa shape index (κ3) is 1.09. The van der Waals surface area contributed by atoms with Gasteiger partial charge in [-0.1, -0.05) is 12.1 Å². The average Bonchev–Trinajstić information content (AvgIpc) is 2.19. The number of hydrogen-bond acceptors (Lipinski definition) is 2. The van der Waals surface area contributed by atoms with Crippen LogP contribution in [0.3, 0.4) is 0 Å². The third-order valence-electron chi connectivity index (χ3n) is 1.81. The Morgan fingerprint density at radius 2 is 2.15 bits per heavy atom. The number of para-hydroxylation sites is 1. The van der Waals surface area contributed by atoms with Crippen molar-refractivity contribution in [3.8, 4) is 12.3 Å². The molecule has 0 fully saturated rings. The zero-order chi connectivity index (χ0) is 9.26. The largest absolute Gasteiger partial charge is 0.286 e. The molecule has 0 spiro atoms. The lowest BCUT2D eigenvalue weighted by Crippen LogP contribution is -2.10. The second kappa shape index (κ2) is 2.76. The molecule has 0 aliphatic carbocycles. The van der Waals surface area contributed by atoms with Gasteiger partial charge in [0.15, 0.2) is 5.69 Å². The van der Waals surface area contributed by atoms with Crippen molar-refractivity contribution in [2.75, 3.05) is 0 Å². The molecule has 0 unspecified atom stereocenters. The zero-order valence-electron chi connectivity index (χ0n) is 6.74. The lowest BCUT2D eigenvalue weighted by molar-refractivity contribution is 1.04. The van der Waals surface area contributed by atoms with Crippen molar-refractivity contribution in [2.45, 2.75) is 0 Å². The number of rotatable bonds is 0. The molecule has 3 heteroatoms. The molecule has 1 heterocycles. The molecule has 1 aromatic heterocycles. The van der Waals surface area contributed by atoms with Gasteiger partial charge in [0, 0.05) is 5.39 Å². The highest BCUT2D eigenvalue weighted by Crippen LogP contribution is 2.04. The molecule has 0 saturated carbocycles. The van der Waals surface area contributed by atoms with E-state index in [1.807, 2.05) is 6.07 Å². The summed E-state index contributed by atoms with van der Waals surface area (Å²) in [5.41, 5.74) is 0.627. The number of aromatic nitrogens is 2. The van der Waals surface area contributed by atoms with Gasteiger partial charge >= 0.3 is 0 Å². The van der Waals surface area contributed by atoms with Gasteiger partial charge in [-0.15, -0.1) is 6.42 Å². The molecule has 0 aliphatic rings. The van der Waals surface area contributed by atoms with E-state index in [0.717, 1.165) is 0 Å². The van der Waals surface area contributed by atoms with Gasteiger partial charge in [-0.05, 0) is 18.1 Å². The normalized spacial score (nSPS) is 9.77. The standard InChI is InChI=1S/C10H6N2O/c1-2-8-10(13)7-5-3-4-6-9(7)12-11-8/h1,3-6H,(H,12,13). The van der Waals surface area contributed by atoms with Gasteiger partial charge in [-0.3, -0.25) is 9.89 Å². The van der Waals surface area contributed by atoms with Gasteiger partial charge in [0.1, 0.15) is 0 Å². The second-order valence-corrected chi connectivity index (χ2v) is 2.59. The van der Waals surface area contributed by atoms with Crippen LogP contribution in [0.4, 0.5) is 0 Å². The molecule has 0 bridgehead atoms. The minimum Gasteiger partial charge on any atom is -0.286 e. The van der Waals surface area contributed by atoms with E-state index in [-0.39, 0.29) is 11.1 Å². The smallest absolute Gasteiger partial charge is 0.223 e. The van der Waals surface area contributed by atoms with Gasteiger partial charge in [-0.2, -0.15) is 5.10 Å². The Labute approximate surface area is 74.4 Å². The van der Waals surface area contributed by atoms with Crippen molar-refractivity contribution in [3.63, 3.8) is 0 Å². The maximum Gasteiger partial charge on any atom is 0.223 e. The van der Waals surface area contributed by atoms with Crippen LogP contribution in [0, 0.1) is 12.3 Å². The number of benzene rings is 1. The van der Waals surface area contributed by atoms with Crippen LogP contribution >= 0.6 is 0 Å². The maximum atomic E-state index is 11.5. The van der Waals surface area contributed by atoms with E-state index in [0.29, 0.717) is 10.9 Å². The molecule has 0 amide bonds. The first kappa shape index (κ1) is 7.56. The van der Waals surface area contributed by atoms with Crippen LogP contribution in [-0.4, -0.2) is 10.2 Å². The highest BCUT2D eigenvalue weighted by atomic mass is 16.1. The van der Waals surface area contributed by atoms with Crippen LogP contribution in [0.1, 0.15) is 5.69 Å². The Morgan fingerprint density at radius 1 is 1.38 bits per heavy atom. The lowest BCUT2D eigenvalue weighted by Gasteiger charge is -1.95. The second-order valence-electron chi connectivity index (χ2n) is 2.59. The SMILES string of the molecule is C#Cc1n[nH]c2ccccc2c1=O. The fraction of sp³-hybridized carbons (Fsp3) is 0. The Balaban J connectivity index is 2.98. The highest BCUT2D eigenvalue weighted by Gasteiger charge is 2.02. The summed E-state index contributed by atoms with van der Waals surface area (Å²) in [4.78, 5) is 11.5. The van der Waals surface area contributed by atoms with Crippen molar-refractivity contribution >= 4 is 10.9 Å². The first-order valence-corrected chi connectivity index (χ1v) is 3.77. The van der Waals surface area contributed by atoms with Gasteiger partial charge in [0.2, 0.25) is 5.43 Å². The molecule has 13 heavy (non-hydrogen) atoms. The summed E-state index contributed by atoms with van der Waals surface area (Å²) in [5.74, 6) is 2.23. The topological polar surface area (TPSA) is 45.8 Å². The Morgan fingerprint density at radius 3 is 2.92 bits per heavy atom. The lowest BCUT2D eigenvalue weighted by atomic mass is 10.2. The quantitative estimate of drug-likeness (QED) is 0.597. The van der Waals surface area contributed by atoms with Gasteiger partial charge in [-0.25, -0.2) is 0 Å². The van der Waals surface area contributed by atoms with Crippen LogP contribution in [0.5, 0.6) is 0 Å². The summed E-state index contributed by atoms with van der Waals surface area (Å²) in [7, 11) is 0. The third-order valence-corrected chi connectivity index (χ3v) is 1.81. The molecule has 62 valence electrons. The average molecular weight is 170 g/mol. The molecule has 0 radical (unpaired) electrons. The number of hydrogen-bond donors (Lipinski definition) is 1. The predicted octanol–water partition coefficient (Wildman–Crippen LogP) is 0.904. The number of terminal acetylenes is 1. The van der Waals surface area contributed by atoms with E-state index in [1.165, 1.54) is 0 Å². The first-order valence-electron chi connectivity index (χ1n) is 3.77. The van der Waals surface area contributed by atoms with E-state index in [4.69, 9.17) is 6.42 Å². The Kier molecular flexibility index (Phi) is 1.60. The fourth-order valence-electron chi connectivity index (χ4n) is 1.17. The van der Waals surface area contributed by atoms with Crippen molar-refractivity contribution in [1.29, 1.82) is 0 Å². The summed E-state index contributed by atoms with van der Waals surface area (Å²) in [6, 6.07) is 7.12. The maximum absolute atomic E-state index is 11.5. The van der Waals surface area contributed by atoms with Gasteiger partial charge in [0.05, 0.1) is 5.52 Å². The van der Waals surface area contributed by atoms with Crippen LogP contribution < -0.4 is 5.43 Å². The van der Waals surface area contributed by atoms with Crippen molar-refractivity contribution in [2.24, 2.45) is 0 Å². The molecular formula is C10H6N2O. The number of H-pyrrole nitrogens is 1. The molecule has 1 aromatic carbocycles. The first-order chi connectivity index (χ1) is 6.33. The molecule has 2 rings (SSSR count). The number of nitrogens with one attached hydrogen (secondary N) is 1. The summed E-state index contributed by atoms with van der Waals surface area (Å²) >= 11 is 0. The van der Waals surface area contributed by atoms with Gasteiger partial charge < -0.3 is 0 Å². The monoisotopic (exact) mass is 170 g/mol. The summed E-state index contributed by atoms with van der Waals surface area (Å²) < 4.78 is 0. The number of aromatic amines is 1. The molecule has 2 aromatic rings. The summed E-state index contributed by atoms with van der Waals surface area (Å²) in [6.07, 6.45) is 5.11. The van der Waals surface area contributed by atoms with Gasteiger partial charge in [0.25, 0.3) is 0 Å². The molecule has 1 N–H and O–H groups in total. The van der Waals surface area contributed by atoms with Crippen LogP contribution in [0.15, 0.2) is 29.1 Å². The molecular weight excluding hydrogens is 164 g/mol. The minimum atomic E-state index is -0.197. The van der Waals surface area contributed by atoms with Crippen molar-refractivity contribution in [3.05, 3.63) is 40.2 Å². The van der Waals surface area contributed by atoms with Crippen molar-refractivity contribution < 1.29 is 0 Å². The number of nitrogens with zero attached hydrogens (tertiary/aromatic N) is 1. The molecule has 3 nitrogen and oxygen atoms in total. The zero-order valence-corrected chi connectivity index (χ0v) is 6.74. The Hall–Kier alpha value is -2.08. The predicted molar refractivity (Wildman–Crippen MR) is 50.3 cm³/mol. The van der Waals surface area contributed by atoms with E-state index < -0.39 is 0 Å². The van der Waals surface area contributed by atoms with E-state index in [2.05, 4.69) is 16.1 Å². The Bertz CT molecular complexity index is 549. The molecule has 0 atom stereocenters. The van der Waals surface area contributed by atoms with E-state index >= 15 is 0 Å². The van der Waals surface area contributed by atoms with Crippen LogP contribution in [0.2, 0.25) is 0 Å². The highest BCUT2D eigenvalue weighted by molar-refractivity contribution is 5.78. The summed E-state index contributed by atoms with van der Waals surface area (Å²) in [5, 5.41) is 7.04.